The number of amides is 3. The Labute approximate surface area is 193 Å². The maximum atomic E-state index is 12.8. The number of aromatic nitrogens is 3. The van der Waals surface area contributed by atoms with Crippen molar-refractivity contribution in [3.8, 4) is 0 Å². The van der Waals surface area contributed by atoms with E-state index in [2.05, 4.69) is 25.8 Å². The topological polar surface area (TPSA) is 140 Å². The molecule has 11 nitrogen and oxygen atoms in total. The number of nitrogens with zero attached hydrogens (tertiary/aromatic N) is 4. The number of hydrogen-bond donors (Lipinski definition) is 2. The molecule has 1 saturated heterocycles. The Morgan fingerprint density at radius 2 is 2.00 bits per heavy atom. The van der Waals surface area contributed by atoms with Gasteiger partial charge in [0.1, 0.15) is 16.6 Å². The average molecular weight is 471 g/mol. The molecule has 0 saturated carbocycles. The highest BCUT2D eigenvalue weighted by Crippen LogP contribution is 2.38. The van der Waals surface area contributed by atoms with Gasteiger partial charge in [-0.1, -0.05) is 46.8 Å². The summed E-state index contributed by atoms with van der Waals surface area (Å²) < 4.78 is 10.4. The predicted octanol–water partition coefficient (Wildman–Crippen LogP) is 2.92. The molecule has 0 aliphatic carbocycles. The predicted molar refractivity (Wildman–Crippen MR) is 118 cm³/mol. The highest BCUT2D eigenvalue weighted by Gasteiger charge is 2.35. The van der Waals surface area contributed by atoms with Crippen molar-refractivity contribution in [2.24, 2.45) is 0 Å². The Kier molecular flexibility index (Phi) is 6.63. The number of nitrogens with one attached hydrogen (secondary N) is 2. The zero-order valence-corrected chi connectivity index (χ0v) is 18.8. The molecular weight excluding hydrogens is 448 g/mol. The molecule has 33 heavy (non-hydrogen) atoms. The number of rotatable bonds is 6. The zero-order valence-electron chi connectivity index (χ0n) is 18.0. The molecule has 0 spiro atoms. The number of anilines is 1. The molecule has 12 heteroatoms. The van der Waals surface area contributed by atoms with Crippen molar-refractivity contribution in [1.29, 1.82) is 0 Å². The summed E-state index contributed by atoms with van der Waals surface area (Å²) in [5.74, 6) is -1.03. The van der Waals surface area contributed by atoms with Gasteiger partial charge in [-0.15, -0.1) is 0 Å². The summed E-state index contributed by atoms with van der Waals surface area (Å²) in [5.41, 5.74) is 0.936. The summed E-state index contributed by atoms with van der Waals surface area (Å²) >= 11 is 1.12. The minimum atomic E-state index is -0.651. The van der Waals surface area contributed by atoms with Crippen LogP contribution in [0, 0.1) is 6.92 Å². The van der Waals surface area contributed by atoms with Crippen molar-refractivity contribution in [2.45, 2.75) is 32.4 Å². The fourth-order valence-corrected chi connectivity index (χ4v) is 4.53. The molecule has 1 aliphatic heterocycles. The quantitative estimate of drug-likeness (QED) is 0.560. The second-order valence-electron chi connectivity index (χ2n) is 7.30. The van der Waals surface area contributed by atoms with E-state index in [0.29, 0.717) is 23.8 Å². The lowest BCUT2D eigenvalue weighted by Crippen LogP contribution is -2.31. The maximum absolute atomic E-state index is 12.8. The van der Waals surface area contributed by atoms with Gasteiger partial charge in [0.2, 0.25) is 0 Å². The Morgan fingerprint density at radius 1 is 1.21 bits per heavy atom. The Morgan fingerprint density at radius 3 is 2.70 bits per heavy atom. The van der Waals surface area contributed by atoms with E-state index in [4.69, 9.17) is 9.26 Å². The van der Waals surface area contributed by atoms with E-state index in [1.165, 1.54) is 7.05 Å². The number of benzene rings is 1. The molecule has 2 aromatic heterocycles. The molecule has 3 heterocycles. The third-order valence-electron chi connectivity index (χ3n) is 5.01. The number of thiazole rings is 1. The molecule has 1 fully saturated rings. The molecule has 0 radical (unpaired) electrons. The van der Waals surface area contributed by atoms with Crippen molar-refractivity contribution in [3.63, 3.8) is 0 Å². The van der Waals surface area contributed by atoms with E-state index in [-0.39, 0.29) is 29.2 Å². The van der Waals surface area contributed by atoms with Crippen LogP contribution in [0.2, 0.25) is 0 Å². The van der Waals surface area contributed by atoms with Crippen LogP contribution in [0.3, 0.4) is 0 Å². The molecule has 172 valence electrons. The third kappa shape index (κ3) is 5.00. The summed E-state index contributed by atoms with van der Waals surface area (Å²) in [6.07, 6.45) is 0.977. The first-order valence-corrected chi connectivity index (χ1v) is 11.1. The number of ether oxygens (including phenoxy) is 1. The standard InChI is InChI=1S/C21H22N6O5S/c1-12-23-18(32-26-12)17(29)25-20-15(16(28)22-2)24-19(33-20)14-9-6-10-27(14)21(30)31-11-13-7-4-3-5-8-13/h3-5,7-8,14H,6,9-11H2,1-2H3,(H,22,28)(H,25,29). The first-order valence-electron chi connectivity index (χ1n) is 10.3. The van der Waals surface area contributed by atoms with Crippen molar-refractivity contribution in [3.05, 3.63) is 58.3 Å². The lowest BCUT2D eigenvalue weighted by atomic mass is 10.2. The van der Waals surface area contributed by atoms with Crippen LogP contribution in [-0.2, 0) is 11.3 Å². The summed E-state index contributed by atoms with van der Waals surface area (Å²) in [7, 11) is 1.47. The van der Waals surface area contributed by atoms with E-state index >= 15 is 0 Å². The van der Waals surface area contributed by atoms with E-state index in [1.807, 2.05) is 30.3 Å². The lowest BCUT2D eigenvalue weighted by molar-refractivity contribution is 0.0919. The fourth-order valence-electron chi connectivity index (χ4n) is 3.43. The van der Waals surface area contributed by atoms with Gasteiger partial charge in [-0.2, -0.15) is 4.98 Å². The fraction of sp³-hybridized carbons (Fsp3) is 0.333. The average Bonchev–Trinajstić information content (AvgIpc) is 3.57. The van der Waals surface area contributed by atoms with E-state index in [1.54, 1.807) is 11.8 Å². The molecule has 4 rings (SSSR count). The van der Waals surface area contributed by atoms with Crippen LogP contribution in [0.25, 0.3) is 0 Å². The van der Waals surface area contributed by atoms with E-state index in [0.717, 1.165) is 23.3 Å². The van der Waals surface area contributed by atoms with Crippen LogP contribution in [0.1, 0.15) is 56.5 Å². The normalized spacial score (nSPS) is 15.3. The smallest absolute Gasteiger partial charge is 0.410 e. The SMILES string of the molecule is CNC(=O)c1nc(C2CCCN2C(=O)OCc2ccccc2)sc1NC(=O)c1nc(C)no1. The van der Waals surface area contributed by atoms with Gasteiger partial charge in [0.05, 0.1) is 6.04 Å². The van der Waals surface area contributed by atoms with Crippen LogP contribution >= 0.6 is 11.3 Å². The first-order chi connectivity index (χ1) is 16.0. The van der Waals surface area contributed by atoms with Crippen LogP contribution in [0.4, 0.5) is 9.80 Å². The minimum Gasteiger partial charge on any atom is -0.445 e. The van der Waals surface area contributed by atoms with Crippen molar-refractivity contribution >= 4 is 34.2 Å². The molecule has 3 amide bonds. The third-order valence-corrected chi connectivity index (χ3v) is 6.08. The van der Waals surface area contributed by atoms with E-state index < -0.39 is 17.9 Å². The Bertz CT molecular complexity index is 1160. The lowest BCUT2D eigenvalue weighted by Gasteiger charge is -2.22. The second-order valence-corrected chi connectivity index (χ2v) is 8.33. The molecule has 1 aliphatic rings. The van der Waals surface area contributed by atoms with Crippen molar-refractivity contribution in [2.75, 3.05) is 18.9 Å². The Hall–Kier alpha value is -3.80. The molecule has 0 bridgehead atoms. The van der Waals surface area contributed by atoms with Crippen molar-refractivity contribution in [1.82, 2.24) is 25.3 Å². The van der Waals surface area contributed by atoms with Gasteiger partial charge >= 0.3 is 17.9 Å². The number of carbonyl (C=O) groups excluding carboxylic acids is 3. The van der Waals surface area contributed by atoms with Crippen LogP contribution in [0.5, 0.6) is 0 Å². The van der Waals surface area contributed by atoms with Gasteiger partial charge in [0, 0.05) is 13.6 Å². The molecular formula is C21H22N6O5S. The van der Waals surface area contributed by atoms with Crippen LogP contribution < -0.4 is 10.6 Å². The molecule has 1 aromatic carbocycles. The van der Waals surface area contributed by atoms with Gasteiger partial charge in [0.15, 0.2) is 11.5 Å². The molecule has 3 aromatic rings. The zero-order chi connectivity index (χ0) is 23.4. The van der Waals surface area contributed by atoms with Gasteiger partial charge in [-0.25, -0.2) is 9.78 Å². The van der Waals surface area contributed by atoms with Crippen LogP contribution in [0.15, 0.2) is 34.9 Å². The summed E-state index contributed by atoms with van der Waals surface area (Å²) in [6.45, 7) is 2.26. The van der Waals surface area contributed by atoms with Gasteiger partial charge < -0.3 is 19.9 Å². The van der Waals surface area contributed by atoms with Gasteiger partial charge in [0.25, 0.3) is 5.91 Å². The van der Waals surface area contributed by atoms with Gasteiger partial charge in [-0.05, 0) is 25.3 Å². The minimum absolute atomic E-state index is 0.0478. The number of likely N-dealkylation sites (tertiary alicyclic amines) is 1. The number of hydrogen-bond acceptors (Lipinski definition) is 9. The Balaban J connectivity index is 1.52. The monoisotopic (exact) mass is 470 g/mol. The largest absolute Gasteiger partial charge is 0.445 e. The number of carbonyl (C=O) groups is 3. The van der Waals surface area contributed by atoms with Crippen LogP contribution in [-0.4, -0.2) is 51.5 Å². The highest BCUT2D eigenvalue weighted by atomic mass is 32.1. The highest BCUT2D eigenvalue weighted by molar-refractivity contribution is 7.16. The molecule has 1 atom stereocenters. The first kappa shape index (κ1) is 22.4. The summed E-state index contributed by atoms with van der Waals surface area (Å²) in [5, 5.41) is 9.48. The summed E-state index contributed by atoms with van der Waals surface area (Å²) in [4.78, 5) is 47.5. The van der Waals surface area contributed by atoms with Gasteiger partial charge in [-0.3, -0.25) is 14.5 Å². The molecule has 2 N–H and O–H groups in total. The second kappa shape index (κ2) is 9.77. The summed E-state index contributed by atoms with van der Waals surface area (Å²) in [6, 6.07) is 9.05. The number of aryl methyl sites for hydroxylation is 1. The maximum Gasteiger partial charge on any atom is 0.410 e. The van der Waals surface area contributed by atoms with E-state index in [9.17, 15) is 14.4 Å². The molecule has 1 unspecified atom stereocenters. The van der Waals surface area contributed by atoms with Crippen molar-refractivity contribution < 1.29 is 23.6 Å².